The zero-order chi connectivity index (χ0) is 17.8. The van der Waals surface area contributed by atoms with Crippen molar-refractivity contribution >= 4 is 17.0 Å². The van der Waals surface area contributed by atoms with Crippen molar-refractivity contribution in [2.24, 2.45) is 0 Å². The van der Waals surface area contributed by atoms with Crippen LogP contribution in [0.4, 0.5) is 0 Å². The standard InChI is InChI=1S/C19H25N3O3/c1-3-13-9-10-14(20-13)11-12-22-16-8-6-5-7-15(16)21-17(18(22)23)19(24)25-4-2/h5-8,13-14,20H,3-4,9-12H2,1-2H3/t13-,14-/m0/s1. The molecule has 0 aliphatic carbocycles. The Labute approximate surface area is 147 Å². The second-order valence-corrected chi connectivity index (χ2v) is 6.46. The van der Waals surface area contributed by atoms with E-state index < -0.39 is 5.97 Å². The van der Waals surface area contributed by atoms with Gasteiger partial charge in [-0.1, -0.05) is 19.1 Å². The number of carbonyl (C=O) groups excluding carboxylic acids is 1. The highest BCUT2D eigenvalue weighted by atomic mass is 16.5. The van der Waals surface area contributed by atoms with Gasteiger partial charge in [-0.25, -0.2) is 9.78 Å². The van der Waals surface area contributed by atoms with Crippen LogP contribution in [0.2, 0.25) is 0 Å². The minimum Gasteiger partial charge on any atom is -0.461 e. The molecule has 1 aromatic heterocycles. The van der Waals surface area contributed by atoms with Crippen molar-refractivity contribution in [3.8, 4) is 0 Å². The van der Waals surface area contributed by atoms with Crippen molar-refractivity contribution in [2.45, 2.75) is 58.2 Å². The molecule has 134 valence electrons. The molecule has 2 aromatic rings. The maximum absolute atomic E-state index is 12.8. The number of nitrogens with one attached hydrogen (secondary N) is 1. The Morgan fingerprint density at radius 1 is 1.28 bits per heavy atom. The second kappa shape index (κ2) is 7.78. The van der Waals surface area contributed by atoms with E-state index in [4.69, 9.17) is 4.74 Å². The molecule has 6 heteroatoms. The number of aryl methyl sites for hydroxylation is 1. The second-order valence-electron chi connectivity index (χ2n) is 6.46. The Bertz CT molecular complexity index is 815. The first kappa shape index (κ1) is 17.6. The molecule has 1 N–H and O–H groups in total. The summed E-state index contributed by atoms with van der Waals surface area (Å²) in [5.41, 5.74) is 0.884. The first-order chi connectivity index (χ1) is 12.1. The molecular weight excluding hydrogens is 318 g/mol. The molecule has 0 amide bonds. The summed E-state index contributed by atoms with van der Waals surface area (Å²) in [5, 5.41) is 3.61. The normalized spacial score (nSPS) is 20.1. The largest absolute Gasteiger partial charge is 0.461 e. The minimum atomic E-state index is -0.656. The molecule has 1 aromatic carbocycles. The third-order valence-electron chi connectivity index (χ3n) is 4.85. The number of esters is 1. The van der Waals surface area contributed by atoms with Crippen LogP contribution in [-0.2, 0) is 11.3 Å². The van der Waals surface area contributed by atoms with E-state index in [2.05, 4.69) is 17.2 Å². The van der Waals surface area contributed by atoms with Crippen LogP contribution in [0.25, 0.3) is 11.0 Å². The number of rotatable bonds is 6. The number of para-hydroxylation sites is 2. The number of aromatic nitrogens is 2. The highest BCUT2D eigenvalue weighted by Crippen LogP contribution is 2.18. The van der Waals surface area contributed by atoms with Crippen LogP contribution in [0.15, 0.2) is 29.1 Å². The Kier molecular flexibility index (Phi) is 5.48. The molecule has 25 heavy (non-hydrogen) atoms. The molecule has 0 radical (unpaired) electrons. The smallest absolute Gasteiger partial charge is 0.362 e. The van der Waals surface area contributed by atoms with Gasteiger partial charge in [-0.3, -0.25) is 4.79 Å². The van der Waals surface area contributed by atoms with Crippen LogP contribution >= 0.6 is 0 Å². The van der Waals surface area contributed by atoms with E-state index in [0.29, 0.717) is 24.1 Å². The topological polar surface area (TPSA) is 73.2 Å². The van der Waals surface area contributed by atoms with E-state index in [1.165, 1.54) is 6.42 Å². The van der Waals surface area contributed by atoms with Gasteiger partial charge in [-0.2, -0.15) is 0 Å². The molecular formula is C19H25N3O3. The molecule has 1 saturated heterocycles. The molecule has 3 rings (SSSR count). The monoisotopic (exact) mass is 343 g/mol. The third kappa shape index (κ3) is 3.74. The Morgan fingerprint density at radius 3 is 2.76 bits per heavy atom. The Morgan fingerprint density at radius 2 is 2.04 bits per heavy atom. The zero-order valence-corrected chi connectivity index (χ0v) is 14.8. The van der Waals surface area contributed by atoms with E-state index in [1.54, 1.807) is 11.5 Å². The summed E-state index contributed by atoms with van der Waals surface area (Å²) in [6.45, 7) is 4.68. The summed E-state index contributed by atoms with van der Waals surface area (Å²) in [7, 11) is 0. The minimum absolute atomic E-state index is 0.133. The molecule has 1 aliphatic heterocycles. The predicted octanol–water partition coefficient (Wildman–Crippen LogP) is 2.49. The molecule has 0 unspecified atom stereocenters. The van der Waals surface area contributed by atoms with Gasteiger partial charge in [-0.15, -0.1) is 0 Å². The fourth-order valence-electron chi connectivity index (χ4n) is 3.48. The number of nitrogens with zero attached hydrogens (tertiary/aromatic N) is 2. The van der Waals surface area contributed by atoms with Crippen molar-refractivity contribution < 1.29 is 9.53 Å². The van der Waals surface area contributed by atoms with Crippen molar-refractivity contribution in [3.63, 3.8) is 0 Å². The first-order valence-corrected chi connectivity index (χ1v) is 9.06. The van der Waals surface area contributed by atoms with Crippen LogP contribution in [-0.4, -0.2) is 34.2 Å². The molecule has 0 bridgehead atoms. The summed E-state index contributed by atoms with van der Waals surface area (Å²) < 4.78 is 6.65. The lowest BCUT2D eigenvalue weighted by Gasteiger charge is -2.16. The number of fused-ring (bicyclic) bond motifs is 1. The summed E-state index contributed by atoms with van der Waals surface area (Å²) >= 11 is 0. The number of ether oxygens (including phenoxy) is 1. The summed E-state index contributed by atoms with van der Waals surface area (Å²) in [6.07, 6.45) is 4.29. The fraction of sp³-hybridized carbons (Fsp3) is 0.526. The van der Waals surface area contributed by atoms with E-state index >= 15 is 0 Å². The van der Waals surface area contributed by atoms with Crippen LogP contribution in [0.1, 0.15) is 50.0 Å². The van der Waals surface area contributed by atoms with Crippen LogP contribution in [0.5, 0.6) is 0 Å². The Balaban J connectivity index is 1.91. The maximum Gasteiger partial charge on any atom is 0.362 e. The molecule has 0 spiro atoms. The van der Waals surface area contributed by atoms with Gasteiger partial charge < -0.3 is 14.6 Å². The van der Waals surface area contributed by atoms with Gasteiger partial charge in [0.25, 0.3) is 5.56 Å². The lowest BCUT2D eigenvalue weighted by Crippen LogP contribution is -2.33. The van der Waals surface area contributed by atoms with Gasteiger partial charge in [0.05, 0.1) is 17.6 Å². The van der Waals surface area contributed by atoms with Gasteiger partial charge in [-0.05, 0) is 44.7 Å². The summed E-state index contributed by atoms with van der Waals surface area (Å²) in [4.78, 5) is 29.1. The SMILES string of the molecule is CCOC(=O)c1nc2ccccc2n(CC[C@@H]2CC[C@H](CC)N2)c1=O. The van der Waals surface area contributed by atoms with Crippen LogP contribution in [0.3, 0.4) is 0 Å². The first-order valence-electron chi connectivity index (χ1n) is 9.06. The number of hydrogen-bond acceptors (Lipinski definition) is 5. The summed E-state index contributed by atoms with van der Waals surface area (Å²) in [5.74, 6) is -0.656. The third-order valence-corrected chi connectivity index (χ3v) is 4.85. The van der Waals surface area contributed by atoms with Gasteiger partial charge in [0.2, 0.25) is 5.69 Å². The van der Waals surface area contributed by atoms with Crippen LogP contribution in [0, 0.1) is 0 Å². The number of hydrogen-bond donors (Lipinski definition) is 1. The van der Waals surface area contributed by atoms with Gasteiger partial charge in [0.15, 0.2) is 0 Å². The summed E-state index contributed by atoms with van der Waals surface area (Å²) in [6, 6.07) is 8.40. The zero-order valence-electron chi connectivity index (χ0n) is 14.8. The van der Waals surface area contributed by atoms with Crippen molar-refractivity contribution in [1.29, 1.82) is 0 Å². The van der Waals surface area contributed by atoms with E-state index in [9.17, 15) is 9.59 Å². The number of carbonyl (C=O) groups is 1. The predicted molar refractivity (Wildman–Crippen MR) is 96.8 cm³/mol. The van der Waals surface area contributed by atoms with E-state index in [1.807, 2.05) is 24.3 Å². The lowest BCUT2D eigenvalue weighted by molar-refractivity contribution is 0.0517. The molecule has 1 fully saturated rings. The van der Waals surface area contributed by atoms with Gasteiger partial charge in [0.1, 0.15) is 0 Å². The van der Waals surface area contributed by atoms with Crippen molar-refractivity contribution in [3.05, 3.63) is 40.3 Å². The molecule has 1 aliphatic rings. The maximum atomic E-state index is 12.8. The quantitative estimate of drug-likeness (QED) is 0.816. The average Bonchev–Trinajstić information content (AvgIpc) is 3.08. The Hall–Kier alpha value is -2.21. The number of benzene rings is 1. The fourth-order valence-corrected chi connectivity index (χ4v) is 3.48. The van der Waals surface area contributed by atoms with E-state index in [0.717, 1.165) is 24.8 Å². The highest BCUT2D eigenvalue weighted by Gasteiger charge is 2.23. The average molecular weight is 343 g/mol. The van der Waals surface area contributed by atoms with Crippen molar-refractivity contribution in [1.82, 2.24) is 14.9 Å². The van der Waals surface area contributed by atoms with Gasteiger partial charge >= 0.3 is 5.97 Å². The highest BCUT2D eigenvalue weighted by molar-refractivity contribution is 5.89. The van der Waals surface area contributed by atoms with Gasteiger partial charge in [0, 0.05) is 18.6 Å². The van der Waals surface area contributed by atoms with Crippen molar-refractivity contribution in [2.75, 3.05) is 6.61 Å². The molecule has 6 nitrogen and oxygen atoms in total. The molecule has 2 atom stereocenters. The van der Waals surface area contributed by atoms with Crippen LogP contribution < -0.4 is 10.9 Å². The van der Waals surface area contributed by atoms with E-state index in [-0.39, 0.29) is 17.9 Å². The lowest BCUT2D eigenvalue weighted by atomic mass is 10.1. The molecule has 2 heterocycles. The molecule has 0 saturated carbocycles.